The third kappa shape index (κ3) is 4.77. The molecule has 0 saturated carbocycles. The monoisotopic (exact) mass is 374 g/mol. The van der Waals surface area contributed by atoms with Gasteiger partial charge in [-0.05, 0) is 56.1 Å². The van der Waals surface area contributed by atoms with E-state index in [1.807, 2.05) is 18.2 Å². The molecular weight excluding hydrogens is 348 g/mol. The number of likely N-dealkylation sites (tertiary alicyclic amines) is 1. The van der Waals surface area contributed by atoms with Crippen LogP contribution in [0.1, 0.15) is 30.1 Å². The van der Waals surface area contributed by atoms with Crippen LogP contribution in [-0.2, 0) is 6.54 Å². The Kier molecular flexibility index (Phi) is 6.52. The Morgan fingerprint density at radius 1 is 1.38 bits per heavy atom. The van der Waals surface area contributed by atoms with E-state index in [0.29, 0.717) is 18.5 Å². The highest BCUT2D eigenvalue weighted by molar-refractivity contribution is 6.30. The van der Waals surface area contributed by atoms with Crippen molar-refractivity contribution in [1.82, 2.24) is 25.7 Å². The summed E-state index contributed by atoms with van der Waals surface area (Å²) in [7, 11) is 3.99. The number of hydrogen-bond acceptors (Lipinski definition) is 3. The Hall–Kier alpha value is -2.05. The first-order valence-corrected chi connectivity index (χ1v) is 9.43. The van der Waals surface area contributed by atoms with E-state index in [-0.39, 0.29) is 0 Å². The molecule has 140 valence electrons. The van der Waals surface area contributed by atoms with Crippen molar-refractivity contribution in [2.24, 2.45) is 10.9 Å². The summed E-state index contributed by atoms with van der Waals surface area (Å²) in [5.74, 6) is 1.30. The topological polar surface area (TPSA) is 68.3 Å². The average Bonchev–Trinajstić information content (AvgIpc) is 3.15. The molecule has 2 unspecified atom stereocenters. The molecule has 3 rings (SSSR count). The number of nitrogens with zero attached hydrogens (tertiary/aromatic N) is 3. The largest absolute Gasteiger partial charge is 0.356 e. The molecule has 1 aromatic carbocycles. The van der Waals surface area contributed by atoms with Crippen molar-refractivity contribution in [2.75, 3.05) is 27.2 Å². The van der Waals surface area contributed by atoms with Crippen molar-refractivity contribution in [2.45, 2.75) is 25.4 Å². The van der Waals surface area contributed by atoms with Crippen molar-refractivity contribution < 1.29 is 0 Å². The molecule has 1 saturated heterocycles. The van der Waals surface area contributed by atoms with E-state index < -0.39 is 0 Å². The fraction of sp³-hybridized carbons (Fsp3) is 0.474. The lowest BCUT2D eigenvalue weighted by atomic mass is 9.85. The molecule has 2 heterocycles. The lowest BCUT2D eigenvalue weighted by molar-refractivity contribution is 0.122. The van der Waals surface area contributed by atoms with E-state index in [9.17, 15) is 0 Å². The van der Waals surface area contributed by atoms with Crippen LogP contribution in [0, 0.1) is 5.92 Å². The van der Waals surface area contributed by atoms with Crippen LogP contribution in [0.2, 0.25) is 5.02 Å². The first-order chi connectivity index (χ1) is 12.7. The number of hydrogen-bond donors (Lipinski definition) is 3. The van der Waals surface area contributed by atoms with Gasteiger partial charge in [0.15, 0.2) is 5.96 Å². The van der Waals surface area contributed by atoms with E-state index in [1.54, 1.807) is 13.2 Å². The number of aliphatic imine (C=N–C) groups is 1. The SMILES string of the molecule is CN=C(NCc1ccn[nH]1)NCC1CCCN(C)C1c1cccc(Cl)c1. The Labute approximate surface area is 160 Å². The number of benzene rings is 1. The van der Waals surface area contributed by atoms with Crippen LogP contribution in [0.4, 0.5) is 0 Å². The van der Waals surface area contributed by atoms with E-state index in [1.165, 1.54) is 18.4 Å². The maximum Gasteiger partial charge on any atom is 0.191 e. The normalized spacial score (nSPS) is 21.6. The summed E-state index contributed by atoms with van der Waals surface area (Å²) in [6.45, 7) is 2.65. The maximum atomic E-state index is 6.23. The molecule has 1 aromatic heterocycles. The number of H-pyrrole nitrogens is 1. The van der Waals surface area contributed by atoms with Crippen LogP contribution < -0.4 is 10.6 Å². The molecule has 26 heavy (non-hydrogen) atoms. The Morgan fingerprint density at radius 3 is 3.00 bits per heavy atom. The molecule has 1 aliphatic rings. The second-order valence-electron chi connectivity index (χ2n) is 6.77. The van der Waals surface area contributed by atoms with Gasteiger partial charge in [-0.25, -0.2) is 0 Å². The number of halogens is 1. The fourth-order valence-electron chi connectivity index (χ4n) is 3.70. The van der Waals surface area contributed by atoms with Gasteiger partial charge >= 0.3 is 0 Å². The lowest BCUT2D eigenvalue weighted by Crippen LogP contribution is -2.44. The van der Waals surface area contributed by atoms with Crippen LogP contribution in [-0.4, -0.2) is 48.2 Å². The van der Waals surface area contributed by atoms with Crippen LogP contribution in [0.15, 0.2) is 41.5 Å². The number of piperidine rings is 1. The summed E-state index contributed by atoms with van der Waals surface area (Å²) in [4.78, 5) is 6.76. The molecule has 0 radical (unpaired) electrons. The molecular formula is C19H27ClN6. The summed E-state index contributed by atoms with van der Waals surface area (Å²) in [6, 6.07) is 10.5. The van der Waals surface area contributed by atoms with Gasteiger partial charge in [-0.1, -0.05) is 23.7 Å². The quantitative estimate of drug-likeness (QED) is 0.556. The predicted molar refractivity (Wildman–Crippen MR) is 106 cm³/mol. The van der Waals surface area contributed by atoms with Gasteiger partial charge in [0.05, 0.1) is 12.2 Å². The molecule has 0 spiro atoms. The number of nitrogens with one attached hydrogen (secondary N) is 3. The number of guanidine groups is 1. The zero-order chi connectivity index (χ0) is 18.4. The van der Waals surface area contributed by atoms with Crippen molar-refractivity contribution in [3.05, 3.63) is 52.8 Å². The Bertz CT molecular complexity index is 715. The van der Waals surface area contributed by atoms with Crippen LogP contribution in [0.5, 0.6) is 0 Å². The minimum absolute atomic E-state index is 0.362. The summed E-state index contributed by atoms with van der Waals surface area (Å²) in [5.41, 5.74) is 2.31. The van der Waals surface area contributed by atoms with Gasteiger partial charge in [-0.3, -0.25) is 15.0 Å². The van der Waals surface area contributed by atoms with Crippen LogP contribution in [0.3, 0.4) is 0 Å². The second kappa shape index (κ2) is 9.05. The second-order valence-corrected chi connectivity index (χ2v) is 7.21. The summed E-state index contributed by atoms with van der Waals surface area (Å²) >= 11 is 6.23. The van der Waals surface area contributed by atoms with Crippen molar-refractivity contribution in [3.8, 4) is 0 Å². The molecule has 0 bridgehead atoms. The van der Waals surface area contributed by atoms with E-state index >= 15 is 0 Å². The van der Waals surface area contributed by atoms with E-state index in [2.05, 4.69) is 49.9 Å². The van der Waals surface area contributed by atoms with Crippen LogP contribution in [0.25, 0.3) is 0 Å². The van der Waals surface area contributed by atoms with Gasteiger partial charge in [0.25, 0.3) is 0 Å². The van der Waals surface area contributed by atoms with Gasteiger partial charge < -0.3 is 10.6 Å². The van der Waals surface area contributed by atoms with Gasteiger partial charge in [-0.2, -0.15) is 5.10 Å². The number of rotatable bonds is 5. The molecule has 7 heteroatoms. The third-order valence-corrected chi connectivity index (χ3v) is 5.19. The summed E-state index contributed by atoms with van der Waals surface area (Å²) in [6.07, 6.45) is 4.15. The summed E-state index contributed by atoms with van der Waals surface area (Å²) in [5, 5.41) is 14.5. The van der Waals surface area contributed by atoms with Crippen molar-refractivity contribution >= 4 is 17.6 Å². The molecule has 1 aliphatic heterocycles. The minimum Gasteiger partial charge on any atom is -0.356 e. The van der Waals surface area contributed by atoms with E-state index in [0.717, 1.165) is 29.8 Å². The molecule has 6 nitrogen and oxygen atoms in total. The van der Waals surface area contributed by atoms with Gasteiger partial charge in [0.1, 0.15) is 0 Å². The highest BCUT2D eigenvalue weighted by Crippen LogP contribution is 2.35. The van der Waals surface area contributed by atoms with Crippen molar-refractivity contribution in [1.29, 1.82) is 0 Å². The Morgan fingerprint density at radius 2 is 2.27 bits per heavy atom. The standard InChI is InChI=1S/C19H27ClN6/c1-21-19(23-13-17-8-9-24-25-17)22-12-15-6-4-10-26(2)18(15)14-5-3-7-16(20)11-14/h3,5,7-9,11,15,18H,4,6,10,12-13H2,1-2H3,(H,24,25)(H2,21,22,23). The van der Waals surface area contributed by atoms with Gasteiger partial charge in [-0.15, -0.1) is 0 Å². The first kappa shape index (κ1) is 18.7. The molecule has 3 N–H and O–H groups in total. The Balaban J connectivity index is 1.62. The zero-order valence-corrected chi connectivity index (χ0v) is 16.1. The lowest BCUT2D eigenvalue weighted by Gasteiger charge is -2.40. The first-order valence-electron chi connectivity index (χ1n) is 9.06. The molecule has 0 amide bonds. The smallest absolute Gasteiger partial charge is 0.191 e. The minimum atomic E-state index is 0.362. The molecule has 2 atom stereocenters. The fourth-order valence-corrected chi connectivity index (χ4v) is 3.90. The van der Waals surface area contributed by atoms with Gasteiger partial charge in [0, 0.05) is 30.9 Å². The highest BCUT2D eigenvalue weighted by Gasteiger charge is 2.30. The molecule has 1 fully saturated rings. The van der Waals surface area contributed by atoms with Gasteiger partial charge in [0.2, 0.25) is 0 Å². The molecule has 2 aromatic rings. The zero-order valence-electron chi connectivity index (χ0n) is 15.4. The van der Waals surface area contributed by atoms with E-state index in [4.69, 9.17) is 11.6 Å². The number of aromatic nitrogens is 2. The van der Waals surface area contributed by atoms with Crippen molar-refractivity contribution in [3.63, 3.8) is 0 Å². The number of aromatic amines is 1. The average molecular weight is 375 g/mol. The summed E-state index contributed by atoms with van der Waals surface area (Å²) < 4.78 is 0. The predicted octanol–water partition coefficient (Wildman–Crippen LogP) is 2.81. The van der Waals surface area contributed by atoms with Crippen LogP contribution >= 0.6 is 11.6 Å². The highest BCUT2D eigenvalue weighted by atomic mass is 35.5. The third-order valence-electron chi connectivity index (χ3n) is 4.96. The molecule has 0 aliphatic carbocycles. The maximum absolute atomic E-state index is 6.23.